The Labute approximate surface area is 127 Å². The maximum absolute atomic E-state index is 13.0. The molecule has 0 aromatic heterocycles. The smallest absolute Gasteiger partial charge is 0.230 e. The Kier molecular flexibility index (Phi) is 5.99. The number of carbonyl (C=O) groups excluding carboxylic acids is 1. The van der Waals surface area contributed by atoms with Crippen molar-refractivity contribution in [1.29, 1.82) is 0 Å². The lowest BCUT2D eigenvalue weighted by molar-refractivity contribution is -0.118. The first-order valence-electron chi connectivity index (χ1n) is 7.07. The minimum atomic E-state index is -0.906. The summed E-state index contributed by atoms with van der Waals surface area (Å²) in [5, 5.41) is 12.4. The third kappa shape index (κ3) is 5.28. The van der Waals surface area contributed by atoms with Gasteiger partial charge in [0.05, 0.1) is 11.9 Å². The molecule has 2 rings (SSSR count). The van der Waals surface area contributed by atoms with E-state index in [1.807, 2.05) is 0 Å². The maximum atomic E-state index is 13.0. The van der Waals surface area contributed by atoms with Crippen LogP contribution in [0.15, 0.2) is 23.1 Å². The van der Waals surface area contributed by atoms with Gasteiger partial charge in [-0.25, -0.2) is 8.78 Å². The van der Waals surface area contributed by atoms with Crippen LogP contribution in [0.2, 0.25) is 0 Å². The molecule has 1 amide bonds. The molecule has 1 aromatic rings. The Hall–Kier alpha value is -1.14. The lowest BCUT2D eigenvalue weighted by Gasteiger charge is -2.25. The quantitative estimate of drug-likeness (QED) is 0.822. The van der Waals surface area contributed by atoms with Crippen LogP contribution in [-0.4, -0.2) is 29.4 Å². The van der Waals surface area contributed by atoms with E-state index in [4.69, 9.17) is 0 Å². The molecule has 0 saturated heterocycles. The molecule has 0 radical (unpaired) electrons. The van der Waals surface area contributed by atoms with Gasteiger partial charge in [0.1, 0.15) is 0 Å². The number of halogens is 2. The number of hydrogen-bond donors (Lipinski definition) is 2. The second-order valence-electron chi connectivity index (χ2n) is 5.36. The summed E-state index contributed by atoms with van der Waals surface area (Å²) in [5.74, 6) is -1.44. The number of hydrogen-bond acceptors (Lipinski definition) is 3. The number of carbonyl (C=O) groups is 1. The van der Waals surface area contributed by atoms with E-state index >= 15 is 0 Å². The fourth-order valence-corrected chi connectivity index (χ4v) is 3.22. The van der Waals surface area contributed by atoms with Gasteiger partial charge in [-0.15, -0.1) is 11.8 Å². The van der Waals surface area contributed by atoms with Gasteiger partial charge in [0, 0.05) is 11.4 Å². The molecule has 6 heteroatoms. The van der Waals surface area contributed by atoms with Crippen molar-refractivity contribution >= 4 is 17.7 Å². The fourth-order valence-electron chi connectivity index (χ4n) is 2.47. The van der Waals surface area contributed by atoms with E-state index in [1.54, 1.807) is 0 Å². The van der Waals surface area contributed by atoms with E-state index in [0.717, 1.165) is 37.8 Å². The van der Waals surface area contributed by atoms with E-state index in [0.29, 0.717) is 17.4 Å². The van der Waals surface area contributed by atoms with E-state index in [2.05, 4.69) is 5.32 Å². The minimum Gasteiger partial charge on any atom is -0.393 e. The summed E-state index contributed by atoms with van der Waals surface area (Å²) in [4.78, 5) is 12.3. The number of nitrogens with one attached hydrogen (secondary N) is 1. The van der Waals surface area contributed by atoms with Crippen LogP contribution in [-0.2, 0) is 4.79 Å². The number of aliphatic hydroxyl groups excluding tert-OH is 1. The average molecular weight is 315 g/mol. The Bertz CT molecular complexity index is 499. The Morgan fingerprint density at radius 3 is 2.86 bits per heavy atom. The third-order valence-electron chi connectivity index (χ3n) is 3.60. The Morgan fingerprint density at radius 1 is 1.33 bits per heavy atom. The predicted molar refractivity (Wildman–Crippen MR) is 78.1 cm³/mol. The highest BCUT2D eigenvalue weighted by molar-refractivity contribution is 8.00. The summed E-state index contributed by atoms with van der Waals surface area (Å²) in [7, 11) is 0. The van der Waals surface area contributed by atoms with Crippen molar-refractivity contribution in [2.24, 2.45) is 5.92 Å². The molecule has 1 fully saturated rings. The van der Waals surface area contributed by atoms with Gasteiger partial charge in [-0.05, 0) is 43.4 Å². The standard InChI is InChI=1S/C15H19F2NO2S/c16-13-5-4-12(7-14(13)17)21-9-15(20)18-8-10-2-1-3-11(19)6-10/h4-5,7,10-11,19H,1-3,6,8-9H2,(H,18,20). The first-order valence-corrected chi connectivity index (χ1v) is 8.06. The molecule has 1 saturated carbocycles. The zero-order valence-electron chi connectivity index (χ0n) is 11.6. The van der Waals surface area contributed by atoms with Crippen LogP contribution in [0.4, 0.5) is 8.78 Å². The van der Waals surface area contributed by atoms with E-state index < -0.39 is 11.6 Å². The van der Waals surface area contributed by atoms with E-state index in [-0.39, 0.29) is 17.8 Å². The van der Waals surface area contributed by atoms with Crippen LogP contribution < -0.4 is 5.32 Å². The molecule has 2 N–H and O–H groups in total. The van der Waals surface area contributed by atoms with Gasteiger partial charge in [-0.1, -0.05) is 6.42 Å². The summed E-state index contributed by atoms with van der Waals surface area (Å²) in [6.45, 7) is 0.564. The molecular weight excluding hydrogens is 296 g/mol. The molecule has 0 spiro atoms. The van der Waals surface area contributed by atoms with Gasteiger partial charge in [0.2, 0.25) is 5.91 Å². The molecule has 2 unspecified atom stereocenters. The number of rotatable bonds is 5. The Balaban J connectivity index is 1.70. The first kappa shape index (κ1) is 16.2. The van der Waals surface area contributed by atoms with Crippen LogP contribution in [0.1, 0.15) is 25.7 Å². The summed E-state index contributed by atoms with van der Waals surface area (Å²) in [6, 6.07) is 3.59. The molecule has 1 aliphatic rings. The molecule has 1 aromatic carbocycles. The molecule has 1 aliphatic carbocycles. The van der Waals surface area contributed by atoms with Gasteiger partial charge in [0.15, 0.2) is 11.6 Å². The van der Waals surface area contributed by atoms with Crippen molar-refractivity contribution in [1.82, 2.24) is 5.32 Å². The largest absolute Gasteiger partial charge is 0.393 e. The maximum Gasteiger partial charge on any atom is 0.230 e. The number of aliphatic hydroxyl groups is 1. The van der Waals surface area contributed by atoms with Crippen LogP contribution in [0, 0.1) is 17.6 Å². The average Bonchev–Trinajstić information content (AvgIpc) is 2.46. The van der Waals surface area contributed by atoms with Crippen molar-refractivity contribution in [3.8, 4) is 0 Å². The van der Waals surface area contributed by atoms with E-state index in [1.165, 1.54) is 17.8 Å². The van der Waals surface area contributed by atoms with Crippen molar-refractivity contribution in [3.05, 3.63) is 29.8 Å². The first-order chi connectivity index (χ1) is 10.0. The SMILES string of the molecule is O=C(CSc1ccc(F)c(F)c1)NCC1CCCC(O)C1. The highest BCUT2D eigenvalue weighted by Crippen LogP contribution is 2.24. The normalized spacial score (nSPS) is 22.0. The molecule has 0 bridgehead atoms. The predicted octanol–water partition coefficient (Wildman–Crippen LogP) is 2.72. The lowest BCUT2D eigenvalue weighted by Crippen LogP contribution is -2.33. The van der Waals surface area contributed by atoms with Gasteiger partial charge in [-0.2, -0.15) is 0 Å². The summed E-state index contributed by atoms with van der Waals surface area (Å²) >= 11 is 1.17. The summed E-state index contributed by atoms with van der Waals surface area (Å²) in [6.07, 6.45) is 3.34. The van der Waals surface area contributed by atoms with Crippen LogP contribution >= 0.6 is 11.8 Å². The van der Waals surface area contributed by atoms with Crippen LogP contribution in [0.5, 0.6) is 0 Å². The van der Waals surface area contributed by atoms with Gasteiger partial charge in [-0.3, -0.25) is 4.79 Å². The number of benzene rings is 1. The molecule has 116 valence electrons. The van der Waals surface area contributed by atoms with E-state index in [9.17, 15) is 18.7 Å². The number of amides is 1. The van der Waals surface area contributed by atoms with Crippen molar-refractivity contribution in [2.45, 2.75) is 36.7 Å². The Morgan fingerprint density at radius 2 is 2.14 bits per heavy atom. The zero-order chi connectivity index (χ0) is 15.2. The van der Waals surface area contributed by atoms with Crippen LogP contribution in [0.25, 0.3) is 0 Å². The monoisotopic (exact) mass is 315 g/mol. The second-order valence-corrected chi connectivity index (χ2v) is 6.40. The van der Waals surface area contributed by atoms with Gasteiger partial charge < -0.3 is 10.4 Å². The topological polar surface area (TPSA) is 49.3 Å². The molecule has 21 heavy (non-hydrogen) atoms. The lowest BCUT2D eigenvalue weighted by atomic mass is 9.87. The fraction of sp³-hybridized carbons (Fsp3) is 0.533. The van der Waals surface area contributed by atoms with Gasteiger partial charge in [0.25, 0.3) is 0 Å². The van der Waals surface area contributed by atoms with Crippen molar-refractivity contribution in [2.75, 3.05) is 12.3 Å². The van der Waals surface area contributed by atoms with Crippen molar-refractivity contribution in [3.63, 3.8) is 0 Å². The second kappa shape index (κ2) is 7.75. The summed E-state index contributed by atoms with van der Waals surface area (Å²) in [5.41, 5.74) is 0. The van der Waals surface area contributed by atoms with Crippen LogP contribution in [0.3, 0.4) is 0 Å². The number of thioether (sulfide) groups is 1. The molecule has 0 aliphatic heterocycles. The highest BCUT2D eigenvalue weighted by atomic mass is 32.2. The third-order valence-corrected chi connectivity index (χ3v) is 4.60. The molecule has 0 heterocycles. The zero-order valence-corrected chi connectivity index (χ0v) is 12.5. The molecular formula is C15H19F2NO2S. The molecule has 3 nitrogen and oxygen atoms in total. The van der Waals surface area contributed by atoms with Gasteiger partial charge >= 0.3 is 0 Å². The van der Waals surface area contributed by atoms with Crippen molar-refractivity contribution < 1.29 is 18.7 Å². The highest BCUT2D eigenvalue weighted by Gasteiger charge is 2.20. The minimum absolute atomic E-state index is 0.134. The molecule has 2 atom stereocenters. The summed E-state index contributed by atoms with van der Waals surface area (Å²) < 4.78 is 25.8.